The van der Waals surface area contributed by atoms with E-state index < -0.39 is 0 Å². The fourth-order valence-electron chi connectivity index (χ4n) is 1.67. The first-order valence-electron chi connectivity index (χ1n) is 4.59. The van der Waals surface area contributed by atoms with E-state index in [0.717, 1.165) is 12.1 Å². The molecule has 2 rings (SSSR count). The molecule has 0 bridgehead atoms. The Morgan fingerprint density at radius 2 is 2.21 bits per heavy atom. The molecule has 1 aromatic carbocycles. The van der Waals surface area contributed by atoms with Gasteiger partial charge in [0.2, 0.25) is 0 Å². The van der Waals surface area contributed by atoms with Crippen LogP contribution in [0.5, 0.6) is 0 Å². The Morgan fingerprint density at radius 3 is 2.86 bits per heavy atom. The minimum Gasteiger partial charge on any atom is -0.399 e. The lowest BCUT2D eigenvalue weighted by molar-refractivity contribution is 1.16. The van der Waals surface area contributed by atoms with Crippen molar-refractivity contribution in [2.45, 2.75) is 18.2 Å². The van der Waals surface area contributed by atoms with E-state index in [0.29, 0.717) is 0 Å². The van der Waals surface area contributed by atoms with E-state index in [1.54, 1.807) is 11.3 Å². The van der Waals surface area contributed by atoms with Gasteiger partial charge in [0.1, 0.15) is 0 Å². The van der Waals surface area contributed by atoms with Crippen LogP contribution in [-0.4, -0.2) is 6.26 Å². The van der Waals surface area contributed by atoms with Gasteiger partial charge in [0.05, 0.1) is 0 Å². The molecule has 0 aliphatic heterocycles. The van der Waals surface area contributed by atoms with Crippen LogP contribution in [0.4, 0.5) is 5.69 Å². The van der Waals surface area contributed by atoms with Gasteiger partial charge in [-0.15, -0.1) is 23.1 Å². The minimum atomic E-state index is 0.879. The quantitative estimate of drug-likeness (QED) is 0.619. The smallest absolute Gasteiger partial charge is 0.0377 e. The second kappa shape index (κ2) is 3.83. The number of fused-ring (bicyclic) bond motifs is 1. The molecule has 0 spiro atoms. The number of hydrogen-bond donors (Lipinski definition) is 1. The summed E-state index contributed by atoms with van der Waals surface area (Å²) >= 11 is 3.59. The molecule has 14 heavy (non-hydrogen) atoms. The van der Waals surface area contributed by atoms with Gasteiger partial charge < -0.3 is 5.73 Å². The summed E-state index contributed by atoms with van der Waals surface area (Å²) in [6.45, 7) is 2.18. The number of thiophene rings is 1. The fraction of sp³-hybridized carbons (Fsp3) is 0.273. The Balaban J connectivity index is 2.78. The molecule has 0 aliphatic carbocycles. The molecule has 0 aliphatic rings. The molecule has 1 nitrogen and oxygen atoms in total. The summed E-state index contributed by atoms with van der Waals surface area (Å²) in [6.07, 6.45) is 3.17. The summed E-state index contributed by atoms with van der Waals surface area (Å²) in [5.74, 6) is 0. The zero-order chi connectivity index (χ0) is 10.1. The van der Waals surface area contributed by atoms with Gasteiger partial charge in [-0.25, -0.2) is 0 Å². The van der Waals surface area contributed by atoms with E-state index in [1.807, 2.05) is 11.8 Å². The highest BCUT2D eigenvalue weighted by molar-refractivity contribution is 7.99. The van der Waals surface area contributed by atoms with Crippen molar-refractivity contribution >= 4 is 38.9 Å². The first-order valence-corrected chi connectivity index (χ1v) is 6.70. The molecule has 0 radical (unpaired) electrons. The molecule has 0 atom stereocenters. The third-order valence-electron chi connectivity index (χ3n) is 2.35. The molecule has 1 heterocycles. The van der Waals surface area contributed by atoms with Crippen LogP contribution in [0.15, 0.2) is 22.4 Å². The van der Waals surface area contributed by atoms with E-state index in [9.17, 15) is 0 Å². The van der Waals surface area contributed by atoms with E-state index >= 15 is 0 Å². The maximum absolute atomic E-state index is 5.85. The minimum absolute atomic E-state index is 0.879. The van der Waals surface area contributed by atoms with Crippen LogP contribution in [0.1, 0.15) is 12.5 Å². The Hall–Kier alpha value is -0.670. The van der Waals surface area contributed by atoms with Crippen molar-refractivity contribution in [3.05, 3.63) is 23.1 Å². The van der Waals surface area contributed by atoms with Crippen molar-refractivity contribution in [2.24, 2.45) is 0 Å². The van der Waals surface area contributed by atoms with Crippen LogP contribution < -0.4 is 5.73 Å². The topological polar surface area (TPSA) is 26.0 Å². The average molecular weight is 223 g/mol. The number of hydrogen-bond acceptors (Lipinski definition) is 3. The third-order valence-corrected chi connectivity index (χ3v) is 4.19. The van der Waals surface area contributed by atoms with Gasteiger partial charge in [0, 0.05) is 26.0 Å². The van der Waals surface area contributed by atoms with Gasteiger partial charge >= 0.3 is 0 Å². The van der Waals surface area contributed by atoms with Gasteiger partial charge in [-0.05, 0) is 30.4 Å². The molecule has 0 unspecified atom stereocenters. The van der Waals surface area contributed by atoms with Crippen molar-refractivity contribution < 1.29 is 0 Å². The number of aryl methyl sites for hydroxylation is 1. The Kier molecular flexibility index (Phi) is 2.70. The number of thioether (sulfide) groups is 1. The average Bonchev–Trinajstić information content (AvgIpc) is 2.59. The molecular formula is C11H13NS2. The van der Waals surface area contributed by atoms with Gasteiger partial charge in [0.25, 0.3) is 0 Å². The van der Waals surface area contributed by atoms with Gasteiger partial charge in [-0.1, -0.05) is 6.92 Å². The lowest BCUT2D eigenvalue weighted by Gasteiger charge is -2.03. The molecule has 0 saturated carbocycles. The van der Waals surface area contributed by atoms with E-state index in [-0.39, 0.29) is 0 Å². The molecule has 2 aromatic rings. The Labute approximate surface area is 92.3 Å². The molecule has 2 N–H and O–H groups in total. The standard InChI is InChI=1S/C11H13NS2/c1-3-7-4-8(12)5-9-11(7)10(13-2)6-14-9/h4-6H,3,12H2,1-2H3. The summed E-state index contributed by atoms with van der Waals surface area (Å²) < 4.78 is 1.31. The third kappa shape index (κ3) is 1.51. The highest BCUT2D eigenvalue weighted by Gasteiger charge is 2.08. The summed E-state index contributed by atoms with van der Waals surface area (Å²) in [7, 11) is 0. The van der Waals surface area contributed by atoms with Crippen molar-refractivity contribution in [1.82, 2.24) is 0 Å². The normalized spacial score (nSPS) is 11.0. The first kappa shape index (κ1) is 9.87. The second-order valence-corrected chi connectivity index (χ2v) is 4.97. The molecule has 0 amide bonds. The lowest BCUT2D eigenvalue weighted by Crippen LogP contribution is -1.88. The molecular weight excluding hydrogens is 210 g/mol. The number of nitrogen functional groups attached to an aromatic ring is 1. The van der Waals surface area contributed by atoms with E-state index in [1.165, 1.54) is 20.5 Å². The summed E-state index contributed by atoms with van der Waals surface area (Å²) in [5.41, 5.74) is 8.10. The summed E-state index contributed by atoms with van der Waals surface area (Å²) in [5, 5.41) is 3.62. The monoisotopic (exact) mass is 223 g/mol. The van der Waals surface area contributed by atoms with Crippen molar-refractivity contribution in [2.75, 3.05) is 12.0 Å². The van der Waals surface area contributed by atoms with Crippen LogP contribution in [0, 0.1) is 0 Å². The lowest BCUT2D eigenvalue weighted by atomic mass is 10.1. The summed E-state index contributed by atoms with van der Waals surface area (Å²) in [6, 6.07) is 4.16. The maximum atomic E-state index is 5.85. The number of nitrogens with two attached hydrogens (primary N) is 1. The van der Waals surface area contributed by atoms with Crippen LogP contribution in [0.3, 0.4) is 0 Å². The second-order valence-electron chi connectivity index (χ2n) is 3.21. The SMILES string of the molecule is CCc1cc(N)cc2scc(SC)c12. The van der Waals surface area contributed by atoms with Gasteiger partial charge in [-0.3, -0.25) is 0 Å². The first-order chi connectivity index (χ1) is 6.76. The van der Waals surface area contributed by atoms with Gasteiger partial charge in [0.15, 0.2) is 0 Å². The van der Waals surface area contributed by atoms with Crippen LogP contribution in [0.2, 0.25) is 0 Å². The van der Waals surface area contributed by atoms with Gasteiger partial charge in [-0.2, -0.15) is 0 Å². The maximum Gasteiger partial charge on any atom is 0.0377 e. The number of rotatable bonds is 2. The summed E-state index contributed by atoms with van der Waals surface area (Å²) in [4.78, 5) is 1.38. The molecule has 0 fully saturated rings. The largest absolute Gasteiger partial charge is 0.399 e. The highest BCUT2D eigenvalue weighted by atomic mass is 32.2. The fourth-order valence-corrected chi connectivity index (χ4v) is 3.63. The predicted octanol–water partition coefficient (Wildman–Crippen LogP) is 3.77. The van der Waals surface area contributed by atoms with Crippen LogP contribution >= 0.6 is 23.1 Å². The number of benzene rings is 1. The highest BCUT2D eigenvalue weighted by Crippen LogP contribution is 2.36. The predicted molar refractivity (Wildman–Crippen MR) is 67.4 cm³/mol. The van der Waals surface area contributed by atoms with E-state index in [4.69, 9.17) is 5.73 Å². The molecule has 1 aromatic heterocycles. The Bertz CT molecular complexity index is 460. The van der Waals surface area contributed by atoms with Crippen molar-refractivity contribution in [1.29, 1.82) is 0 Å². The van der Waals surface area contributed by atoms with E-state index in [2.05, 4.69) is 30.7 Å². The van der Waals surface area contributed by atoms with Crippen molar-refractivity contribution in [3.8, 4) is 0 Å². The Morgan fingerprint density at radius 1 is 1.43 bits per heavy atom. The molecule has 3 heteroatoms. The van der Waals surface area contributed by atoms with Crippen molar-refractivity contribution in [3.63, 3.8) is 0 Å². The van der Waals surface area contributed by atoms with Crippen LogP contribution in [0.25, 0.3) is 10.1 Å². The molecule has 74 valence electrons. The molecule has 0 saturated heterocycles. The zero-order valence-electron chi connectivity index (χ0n) is 8.33. The van der Waals surface area contributed by atoms with Crippen LogP contribution in [-0.2, 0) is 6.42 Å². The number of anilines is 1. The zero-order valence-corrected chi connectivity index (χ0v) is 9.97.